The number of amides is 1. The summed E-state index contributed by atoms with van der Waals surface area (Å²) in [5, 5.41) is 4.31. The van der Waals surface area contributed by atoms with Gasteiger partial charge in [0.1, 0.15) is 5.75 Å². The Morgan fingerprint density at radius 2 is 1.79 bits per heavy atom. The highest BCUT2D eigenvalue weighted by atomic mass is 35.5. The van der Waals surface area contributed by atoms with Crippen molar-refractivity contribution in [2.24, 2.45) is 5.10 Å². The van der Waals surface area contributed by atoms with Crippen LogP contribution in [0.2, 0.25) is 5.02 Å². The molecule has 0 unspecified atom stereocenters. The van der Waals surface area contributed by atoms with E-state index in [-0.39, 0.29) is 5.91 Å². The van der Waals surface area contributed by atoms with Crippen LogP contribution in [0.15, 0.2) is 41.5 Å². The molecule has 1 amide bonds. The van der Waals surface area contributed by atoms with E-state index in [0.29, 0.717) is 33.4 Å². The molecule has 0 spiro atoms. The van der Waals surface area contributed by atoms with Gasteiger partial charge in [0.15, 0.2) is 11.5 Å². The zero-order valence-corrected chi connectivity index (χ0v) is 14.3. The van der Waals surface area contributed by atoms with Crippen LogP contribution >= 0.6 is 11.6 Å². The molecule has 2 rings (SSSR count). The summed E-state index contributed by atoms with van der Waals surface area (Å²) in [4.78, 5) is 12.0. The Morgan fingerprint density at radius 1 is 1.08 bits per heavy atom. The number of nitrogens with one attached hydrogen (secondary N) is 1. The number of methoxy groups -OCH3 is 3. The molecule has 2 aromatic rings. The Labute approximate surface area is 145 Å². The Kier molecular flexibility index (Phi) is 6.03. The van der Waals surface area contributed by atoms with Gasteiger partial charge in [0.25, 0.3) is 5.91 Å². The molecule has 2 aromatic carbocycles. The number of rotatable bonds is 6. The van der Waals surface area contributed by atoms with E-state index in [1.54, 1.807) is 43.5 Å². The molecular formula is C17H17ClN2O4. The second-order valence-corrected chi connectivity index (χ2v) is 5.07. The summed E-state index contributed by atoms with van der Waals surface area (Å²) in [7, 11) is 4.58. The predicted molar refractivity (Wildman–Crippen MR) is 92.6 cm³/mol. The van der Waals surface area contributed by atoms with Crippen molar-refractivity contribution in [1.82, 2.24) is 5.43 Å². The Hall–Kier alpha value is -2.73. The number of nitrogens with zero attached hydrogens (tertiary/aromatic N) is 1. The zero-order chi connectivity index (χ0) is 17.5. The largest absolute Gasteiger partial charge is 0.497 e. The molecule has 0 saturated heterocycles. The monoisotopic (exact) mass is 348 g/mol. The molecule has 0 bridgehead atoms. The molecule has 0 aromatic heterocycles. The minimum absolute atomic E-state index is 0.333. The van der Waals surface area contributed by atoms with Gasteiger partial charge in [-0.1, -0.05) is 11.6 Å². The summed E-state index contributed by atoms with van der Waals surface area (Å²) in [6, 6.07) is 10.1. The summed E-state index contributed by atoms with van der Waals surface area (Å²) >= 11 is 6.11. The average molecular weight is 349 g/mol. The maximum Gasteiger partial charge on any atom is 0.271 e. The maximum absolute atomic E-state index is 12.0. The molecular weight excluding hydrogens is 332 g/mol. The predicted octanol–water partition coefficient (Wildman–Crippen LogP) is 3.13. The first-order chi connectivity index (χ1) is 11.6. The van der Waals surface area contributed by atoms with Crippen molar-refractivity contribution in [3.63, 3.8) is 0 Å². The number of ether oxygens (including phenoxy) is 3. The SMILES string of the molecule is COc1ccc(C(=O)N/N=C\c2cc(Cl)c(OC)c(OC)c2)cc1. The van der Waals surface area contributed by atoms with Gasteiger partial charge in [-0.25, -0.2) is 5.43 Å². The average Bonchev–Trinajstić information content (AvgIpc) is 2.61. The molecule has 1 N–H and O–H groups in total. The number of carbonyl (C=O) groups excluding carboxylic acids is 1. The molecule has 0 aliphatic rings. The van der Waals surface area contributed by atoms with Gasteiger partial charge in [0.05, 0.1) is 32.6 Å². The minimum atomic E-state index is -0.333. The van der Waals surface area contributed by atoms with Crippen LogP contribution in [0.1, 0.15) is 15.9 Å². The third-order valence-corrected chi connectivity index (χ3v) is 3.47. The lowest BCUT2D eigenvalue weighted by atomic mass is 10.2. The Morgan fingerprint density at radius 3 is 2.38 bits per heavy atom. The number of carbonyl (C=O) groups is 1. The van der Waals surface area contributed by atoms with E-state index >= 15 is 0 Å². The van der Waals surface area contributed by atoms with Gasteiger partial charge in [0, 0.05) is 5.56 Å². The molecule has 6 nitrogen and oxygen atoms in total. The van der Waals surface area contributed by atoms with Crippen molar-refractivity contribution in [2.45, 2.75) is 0 Å². The fourth-order valence-corrected chi connectivity index (χ4v) is 2.28. The highest BCUT2D eigenvalue weighted by Gasteiger charge is 2.10. The van der Waals surface area contributed by atoms with Crippen LogP contribution in [0, 0.1) is 0 Å². The van der Waals surface area contributed by atoms with Crippen LogP contribution < -0.4 is 19.6 Å². The van der Waals surface area contributed by atoms with Crippen molar-refractivity contribution < 1.29 is 19.0 Å². The van der Waals surface area contributed by atoms with Crippen LogP contribution in [0.3, 0.4) is 0 Å². The lowest BCUT2D eigenvalue weighted by Gasteiger charge is -2.09. The Balaban J connectivity index is 2.08. The molecule has 0 heterocycles. The van der Waals surface area contributed by atoms with Gasteiger partial charge < -0.3 is 14.2 Å². The lowest BCUT2D eigenvalue weighted by molar-refractivity contribution is 0.0955. The van der Waals surface area contributed by atoms with E-state index in [4.69, 9.17) is 25.8 Å². The summed E-state index contributed by atoms with van der Waals surface area (Å²) in [5.74, 6) is 1.27. The van der Waals surface area contributed by atoms with Gasteiger partial charge in [0.2, 0.25) is 0 Å². The van der Waals surface area contributed by atoms with Crippen molar-refractivity contribution >= 4 is 23.7 Å². The summed E-state index contributed by atoms with van der Waals surface area (Å²) in [6.07, 6.45) is 1.47. The first-order valence-electron chi connectivity index (χ1n) is 6.98. The summed E-state index contributed by atoms with van der Waals surface area (Å²) < 4.78 is 15.4. The van der Waals surface area contributed by atoms with Crippen molar-refractivity contribution in [3.05, 3.63) is 52.5 Å². The molecule has 0 aliphatic heterocycles. The Bertz CT molecular complexity index is 745. The summed E-state index contributed by atoms with van der Waals surface area (Å²) in [6.45, 7) is 0. The van der Waals surface area contributed by atoms with Gasteiger partial charge in [-0.3, -0.25) is 4.79 Å². The van der Waals surface area contributed by atoms with E-state index < -0.39 is 0 Å². The van der Waals surface area contributed by atoms with Crippen LogP contribution in [-0.4, -0.2) is 33.5 Å². The second kappa shape index (κ2) is 8.21. The van der Waals surface area contributed by atoms with Gasteiger partial charge >= 0.3 is 0 Å². The topological polar surface area (TPSA) is 69.2 Å². The normalized spacial score (nSPS) is 10.5. The number of hydrazone groups is 1. The molecule has 7 heteroatoms. The summed E-state index contributed by atoms with van der Waals surface area (Å²) in [5.41, 5.74) is 3.58. The van der Waals surface area contributed by atoms with Crippen LogP contribution in [-0.2, 0) is 0 Å². The van der Waals surface area contributed by atoms with E-state index in [9.17, 15) is 4.79 Å². The lowest BCUT2D eigenvalue weighted by Crippen LogP contribution is -2.17. The molecule has 0 aliphatic carbocycles. The molecule has 24 heavy (non-hydrogen) atoms. The smallest absolute Gasteiger partial charge is 0.271 e. The molecule has 126 valence electrons. The number of benzene rings is 2. The van der Waals surface area contributed by atoms with Gasteiger partial charge in [-0.05, 0) is 42.0 Å². The van der Waals surface area contributed by atoms with E-state index in [0.717, 1.165) is 0 Å². The fourth-order valence-electron chi connectivity index (χ4n) is 1.98. The van der Waals surface area contributed by atoms with Gasteiger partial charge in [-0.15, -0.1) is 0 Å². The third kappa shape index (κ3) is 4.17. The molecule has 0 saturated carbocycles. The first kappa shape index (κ1) is 17.6. The molecule has 0 radical (unpaired) electrons. The standard InChI is InChI=1S/C17H17ClN2O4/c1-22-13-6-4-12(5-7-13)17(21)20-19-10-11-8-14(18)16(24-3)15(9-11)23-2/h4-10H,1-3H3,(H,20,21)/b19-10-. The van der Waals surface area contributed by atoms with Crippen LogP contribution in [0.5, 0.6) is 17.2 Å². The van der Waals surface area contributed by atoms with E-state index in [2.05, 4.69) is 10.5 Å². The van der Waals surface area contributed by atoms with Crippen molar-refractivity contribution in [3.8, 4) is 17.2 Å². The highest BCUT2D eigenvalue weighted by Crippen LogP contribution is 2.35. The highest BCUT2D eigenvalue weighted by molar-refractivity contribution is 6.32. The maximum atomic E-state index is 12.0. The fraction of sp³-hybridized carbons (Fsp3) is 0.176. The number of hydrogen-bond acceptors (Lipinski definition) is 5. The first-order valence-corrected chi connectivity index (χ1v) is 7.35. The number of hydrogen-bond donors (Lipinski definition) is 1. The van der Waals surface area contributed by atoms with Gasteiger partial charge in [-0.2, -0.15) is 5.10 Å². The van der Waals surface area contributed by atoms with Crippen molar-refractivity contribution in [1.29, 1.82) is 0 Å². The molecule has 0 atom stereocenters. The number of halogens is 1. The van der Waals surface area contributed by atoms with Crippen LogP contribution in [0.25, 0.3) is 0 Å². The van der Waals surface area contributed by atoms with Crippen LogP contribution in [0.4, 0.5) is 0 Å². The van der Waals surface area contributed by atoms with Crippen molar-refractivity contribution in [2.75, 3.05) is 21.3 Å². The minimum Gasteiger partial charge on any atom is -0.497 e. The second-order valence-electron chi connectivity index (χ2n) is 4.67. The van der Waals surface area contributed by atoms with E-state index in [1.165, 1.54) is 20.4 Å². The molecule has 0 fully saturated rings. The third-order valence-electron chi connectivity index (χ3n) is 3.19. The van der Waals surface area contributed by atoms with E-state index in [1.807, 2.05) is 0 Å². The quantitative estimate of drug-likeness (QED) is 0.643. The zero-order valence-electron chi connectivity index (χ0n) is 13.5.